The van der Waals surface area contributed by atoms with Crippen LogP contribution < -0.4 is 70.8 Å². The number of nitrogens with one attached hydrogen (secondary N) is 9. The maximum atomic E-state index is 14.2. The minimum atomic E-state index is -1.94. The maximum absolute atomic E-state index is 14.2. The Balaban J connectivity index is 2.30. The average molecular weight is 1020 g/mol. The van der Waals surface area contributed by atoms with E-state index in [1.54, 1.807) is 30.3 Å². The number of hydrogen-bond acceptors (Lipinski definition) is 16. The third-order valence-electron chi connectivity index (χ3n) is 11.3. The van der Waals surface area contributed by atoms with Gasteiger partial charge < -0.3 is 86.1 Å². The molecule has 8 atom stereocenters. The standard InChI is InChI=1S/C45H73N13O14/c46-17-7-4-13-28(53-39(65)27-16-10-20-50-27)40(66)54-29(14-5-8-18-47)41(67)55-30(15-6-9-19-48)42(68)56-31(21-26-11-2-1-3-12-26)43(69)58-34(25-59)38(64)51-24-36(61)52-32(22-35(49)60)44(70)57-33(45(71)72)23-37(62)63/h1-3,11-12,27-34,50,59H,4-10,13-25,46-48H2,(H2,49,60)(H,51,64)(H,52,61)(H,53,65)(H,54,66)(H,55,67)(H,56,68)(H,57,70)(H,58,69)(H,62,63)(H,71,72)/t27-,28-,29-,30-,31-,32-,33-,34-/m0/s1. The van der Waals surface area contributed by atoms with Crippen LogP contribution in [0, 0.1) is 0 Å². The van der Waals surface area contributed by atoms with Gasteiger partial charge in [-0.25, -0.2) is 4.79 Å². The summed E-state index contributed by atoms with van der Waals surface area (Å²) >= 11 is 0. The van der Waals surface area contributed by atoms with Crippen LogP contribution in [0.25, 0.3) is 0 Å². The highest BCUT2D eigenvalue weighted by molar-refractivity contribution is 5.98. The summed E-state index contributed by atoms with van der Waals surface area (Å²) in [5, 5.41) is 50.9. The highest BCUT2D eigenvalue weighted by Crippen LogP contribution is 2.11. The van der Waals surface area contributed by atoms with Crippen molar-refractivity contribution in [2.24, 2.45) is 22.9 Å². The topological polar surface area (TPSA) is 461 Å². The van der Waals surface area contributed by atoms with Crippen LogP contribution in [0.1, 0.15) is 89.0 Å². The van der Waals surface area contributed by atoms with Crippen molar-refractivity contribution >= 4 is 65.1 Å². The van der Waals surface area contributed by atoms with Gasteiger partial charge in [0, 0.05) is 6.42 Å². The minimum Gasteiger partial charge on any atom is -0.481 e. The van der Waals surface area contributed by atoms with Crippen LogP contribution in [-0.2, 0) is 59.2 Å². The Kier molecular flexibility index (Phi) is 28.7. The molecular weight excluding hydrogens is 947 g/mol. The normalized spacial score (nSPS) is 15.9. The monoisotopic (exact) mass is 1020 g/mol. The fourth-order valence-electron chi connectivity index (χ4n) is 7.40. The number of carboxylic acids is 2. The molecule has 0 radical (unpaired) electrons. The van der Waals surface area contributed by atoms with Crippen molar-refractivity contribution < 1.29 is 68.1 Å². The fourth-order valence-corrected chi connectivity index (χ4v) is 7.40. The van der Waals surface area contributed by atoms with E-state index in [0.717, 1.165) is 6.42 Å². The predicted molar refractivity (Wildman–Crippen MR) is 257 cm³/mol. The summed E-state index contributed by atoms with van der Waals surface area (Å²) in [6.45, 7) is -0.375. The number of carbonyl (C=O) groups excluding carboxylic acids is 9. The molecule has 0 saturated carbocycles. The highest BCUT2D eigenvalue weighted by Gasteiger charge is 2.34. The zero-order valence-corrected chi connectivity index (χ0v) is 40.3. The van der Waals surface area contributed by atoms with Crippen LogP contribution >= 0.6 is 0 Å². The Labute approximate surface area is 416 Å². The van der Waals surface area contributed by atoms with Crippen LogP contribution in [0.15, 0.2) is 30.3 Å². The molecule has 1 heterocycles. The molecule has 0 bridgehead atoms. The van der Waals surface area contributed by atoms with Gasteiger partial charge in [0.25, 0.3) is 0 Å². The Morgan fingerprint density at radius 2 is 1.04 bits per heavy atom. The Hall–Kier alpha value is -6.81. The number of carbonyl (C=O) groups is 11. The van der Waals surface area contributed by atoms with Gasteiger partial charge in [-0.2, -0.15) is 0 Å². The van der Waals surface area contributed by atoms with E-state index in [1.807, 2.05) is 5.32 Å². The van der Waals surface area contributed by atoms with E-state index in [9.17, 15) is 63.0 Å². The second-order valence-electron chi connectivity index (χ2n) is 17.2. The SMILES string of the molecule is NCCCC[C@H](NC(=O)[C@@H]1CCCN1)C(=O)N[C@@H](CCCCN)C(=O)N[C@@H](CCCCN)C(=O)N[C@@H](Cc1ccccc1)C(=O)N[C@@H](CO)C(=O)NCC(=O)N[C@@H](CC(N)=O)C(=O)N[C@@H](CC(=O)O)C(=O)O. The van der Waals surface area contributed by atoms with Crippen LogP contribution in [-0.4, -0.2) is 168 Å². The second-order valence-corrected chi connectivity index (χ2v) is 17.2. The molecule has 2 rings (SSSR count). The van der Waals surface area contributed by atoms with Crippen LogP contribution in [0.2, 0.25) is 0 Å². The largest absolute Gasteiger partial charge is 0.481 e. The summed E-state index contributed by atoms with van der Waals surface area (Å²) in [6.07, 6.45) is 2.56. The molecule has 1 aromatic carbocycles. The van der Waals surface area contributed by atoms with E-state index in [1.165, 1.54) is 0 Å². The highest BCUT2D eigenvalue weighted by atomic mass is 16.4. The zero-order chi connectivity index (χ0) is 53.6. The third-order valence-corrected chi connectivity index (χ3v) is 11.3. The Morgan fingerprint density at radius 3 is 1.50 bits per heavy atom. The zero-order valence-electron chi connectivity index (χ0n) is 40.3. The second kappa shape index (κ2) is 33.7. The smallest absolute Gasteiger partial charge is 0.326 e. The third kappa shape index (κ3) is 23.4. The molecule has 1 aliphatic heterocycles. The number of hydrogen-bond donors (Lipinski definition) is 16. The van der Waals surface area contributed by atoms with E-state index in [0.29, 0.717) is 70.1 Å². The van der Waals surface area contributed by atoms with Crippen molar-refractivity contribution in [3.8, 4) is 0 Å². The van der Waals surface area contributed by atoms with Crippen LogP contribution in [0.5, 0.6) is 0 Å². The van der Waals surface area contributed by atoms with Crippen molar-refractivity contribution in [2.45, 2.75) is 138 Å². The lowest BCUT2D eigenvalue weighted by atomic mass is 10.0. The molecule has 1 aromatic rings. The molecule has 1 saturated heterocycles. The molecule has 72 heavy (non-hydrogen) atoms. The summed E-state index contributed by atoms with van der Waals surface area (Å²) in [6, 6.07) is -2.49. The van der Waals surface area contributed by atoms with Gasteiger partial charge in [0.1, 0.15) is 42.3 Å². The first-order valence-corrected chi connectivity index (χ1v) is 23.9. The van der Waals surface area contributed by atoms with E-state index in [-0.39, 0.29) is 38.1 Å². The molecule has 9 amide bonds. The van der Waals surface area contributed by atoms with E-state index in [4.69, 9.17) is 28.0 Å². The summed E-state index contributed by atoms with van der Waals surface area (Å²) in [5.74, 6) is -11.4. The number of benzene rings is 1. The number of aliphatic carboxylic acids is 2. The summed E-state index contributed by atoms with van der Waals surface area (Å²) in [5.41, 5.74) is 22.9. The van der Waals surface area contributed by atoms with Crippen molar-refractivity contribution in [1.82, 2.24) is 47.9 Å². The molecule has 20 N–H and O–H groups in total. The first kappa shape index (κ1) is 61.3. The Bertz CT molecular complexity index is 1970. The first-order valence-electron chi connectivity index (χ1n) is 23.9. The number of nitrogens with two attached hydrogens (primary N) is 4. The number of unbranched alkanes of at least 4 members (excludes halogenated alkanes) is 3. The number of carboxylic acid groups (broad SMARTS) is 2. The summed E-state index contributed by atoms with van der Waals surface area (Å²) in [7, 11) is 0. The lowest BCUT2D eigenvalue weighted by Gasteiger charge is -2.27. The molecule has 27 nitrogen and oxygen atoms in total. The van der Waals surface area contributed by atoms with Crippen LogP contribution in [0.3, 0.4) is 0 Å². The predicted octanol–water partition coefficient (Wildman–Crippen LogP) is -5.70. The van der Waals surface area contributed by atoms with Gasteiger partial charge in [0.05, 0.1) is 32.0 Å². The van der Waals surface area contributed by atoms with Gasteiger partial charge >= 0.3 is 11.9 Å². The van der Waals surface area contributed by atoms with Crippen molar-refractivity contribution in [1.29, 1.82) is 0 Å². The van der Waals surface area contributed by atoms with Crippen LogP contribution in [0.4, 0.5) is 0 Å². The molecule has 0 aromatic heterocycles. The number of rotatable bonds is 36. The van der Waals surface area contributed by atoms with E-state index < -0.39 is 134 Å². The van der Waals surface area contributed by atoms with Gasteiger partial charge in [0.2, 0.25) is 53.2 Å². The molecule has 402 valence electrons. The van der Waals surface area contributed by atoms with Crippen molar-refractivity contribution in [2.75, 3.05) is 39.3 Å². The molecule has 0 unspecified atom stereocenters. The van der Waals surface area contributed by atoms with Gasteiger partial charge in [-0.15, -0.1) is 0 Å². The molecular formula is C45H73N13O14. The van der Waals surface area contributed by atoms with Crippen molar-refractivity contribution in [3.05, 3.63) is 35.9 Å². The lowest BCUT2D eigenvalue weighted by molar-refractivity contribution is -0.147. The van der Waals surface area contributed by atoms with Gasteiger partial charge in [0.15, 0.2) is 0 Å². The van der Waals surface area contributed by atoms with Crippen molar-refractivity contribution in [3.63, 3.8) is 0 Å². The Morgan fingerprint density at radius 1 is 0.569 bits per heavy atom. The molecule has 0 spiro atoms. The molecule has 0 aliphatic carbocycles. The van der Waals surface area contributed by atoms with E-state index >= 15 is 0 Å². The first-order chi connectivity index (χ1) is 34.3. The van der Waals surface area contributed by atoms with E-state index in [2.05, 4.69) is 42.5 Å². The number of aliphatic hydroxyl groups excluding tert-OH is 1. The van der Waals surface area contributed by atoms with Gasteiger partial charge in [-0.1, -0.05) is 30.3 Å². The number of primary amides is 1. The minimum absolute atomic E-state index is 0.0399. The molecule has 1 aliphatic rings. The maximum Gasteiger partial charge on any atom is 0.326 e. The van der Waals surface area contributed by atoms with Gasteiger partial charge in [-0.05, 0) is 102 Å². The number of amides is 9. The number of aliphatic hydroxyl groups is 1. The summed E-state index contributed by atoms with van der Waals surface area (Å²) < 4.78 is 0. The molecule has 27 heteroatoms. The quantitative estimate of drug-likeness (QED) is 0.0279. The molecule has 1 fully saturated rings. The fraction of sp³-hybridized carbons (Fsp3) is 0.622. The lowest BCUT2D eigenvalue weighted by Crippen LogP contribution is -2.60. The van der Waals surface area contributed by atoms with Gasteiger partial charge in [-0.3, -0.25) is 47.9 Å². The summed E-state index contributed by atoms with van der Waals surface area (Å²) in [4.78, 5) is 142. The average Bonchev–Trinajstić information content (AvgIpc) is 3.89.